The number of nitrogens with zero attached hydrogens (tertiary/aromatic N) is 3. The second-order valence-electron chi connectivity index (χ2n) is 10.5. The summed E-state index contributed by atoms with van der Waals surface area (Å²) >= 11 is 0. The summed E-state index contributed by atoms with van der Waals surface area (Å²) in [5.74, 6) is 3.11. The lowest BCUT2D eigenvalue weighted by Gasteiger charge is -2.41. The Kier molecular flexibility index (Phi) is 6.20. The van der Waals surface area contributed by atoms with Crippen molar-refractivity contribution in [1.82, 2.24) is 9.80 Å². The number of piperazine rings is 1. The van der Waals surface area contributed by atoms with E-state index in [1.165, 1.54) is 5.56 Å². The van der Waals surface area contributed by atoms with E-state index in [1.54, 1.807) is 7.11 Å². The van der Waals surface area contributed by atoms with Gasteiger partial charge in [0.1, 0.15) is 23.0 Å². The number of rotatable bonds is 2. The number of benzene rings is 3. The summed E-state index contributed by atoms with van der Waals surface area (Å²) in [6.45, 7) is 10.6. The molecule has 0 aromatic heterocycles. The largest absolute Gasteiger partial charge is 0.497 e. The maximum absolute atomic E-state index is 13.4. The van der Waals surface area contributed by atoms with Crippen LogP contribution in [0, 0.1) is 0 Å². The van der Waals surface area contributed by atoms with Crippen LogP contribution in [0.15, 0.2) is 71.7 Å². The lowest BCUT2D eigenvalue weighted by Crippen LogP contribution is -2.55. The minimum absolute atomic E-state index is 0.0183. The van der Waals surface area contributed by atoms with E-state index in [1.807, 2.05) is 59.5 Å². The Labute approximate surface area is 213 Å². The van der Waals surface area contributed by atoms with Crippen molar-refractivity contribution in [3.05, 3.63) is 83.4 Å². The molecule has 0 N–H and O–H groups in total. The van der Waals surface area contributed by atoms with Crippen molar-refractivity contribution in [1.29, 1.82) is 0 Å². The molecule has 2 aliphatic rings. The molecule has 1 amide bonds. The number of aliphatic imine (C=N–C) groups is 1. The van der Waals surface area contributed by atoms with Gasteiger partial charge in [0, 0.05) is 31.2 Å². The maximum Gasteiger partial charge on any atom is 0.254 e. The smallest absolute Gasteiger partial charge is 0.254 e. The van der Waals surface area contributed by atoms with E-state index in [4.69, 9.17) is 14.5 Å². The number of carbonyl (C=O) groups excluding carboxylic acids is 1. The summed E-state index contributed by atoms with van der Waals surface area (Å²) in [5.41, 5.74) is 3.68. The Balaban J connectivity index is 1.41. The van der Waals surface area contributed by atoms with Gasteiger partial charge in [0.15, 0.2) is 5.75 Å². The zero-order chi connectivity index (χ0) is 25.4. The van der Waals surface area contributed by atoms with E-state index < -0.39 is 0 Å². The zero-order valence-electron chi connectivity index (χ0n) is 21.6. The van der Waals surface area contributed by atoms with Crippen molar-refractivity contribution < 1.29 is 14.3 Å². The number of hydrogen-bond acceptors (Lipinski definition) is 5. The minimum Gasteiger partial charge on any atom is -0.497 e. The summed E-state index contributed by atoms with van der Waals surface area (Å²) in [4.78, 5) is 22.6. The van der Waals surface area contributed by atoms with Crippen LogP contribution in [0.2, 0.25) is 0 Å². The third-order valence-electron chi connectivity index (χ3n) is 6.92. The third kappa shape index (κ3) is 4.55. The Bertz CT molecular complexity index is 1310. The quantitative estimate of drug-likeness (QED) is 0.447. The first-order valence-electron chi connectivity index (χ1n) is 12.4. The van der Waals surface area contributed by atoms with Gasteiger partial charge in [0.25, 0.3) is 5.91 Å². The molecule has 2 aliphatic heterocycles. The van der Waals surface area contributed by atoms with Crippen LogP contribution in [0.1, 0.15) is 49.2 Å². The van der Waals surface area contributed by atoms with Gasteiger partial charge in [-0.25, -0.2) is 4.99 Å². The highest BCUT2D eigenvalue weighted by molar-refractivity contribution is 6.04. The molecule has 186 valence electrons. The Morgan fingerprint density at radius 3 is 2.44 bits per heavy atom. The fourth-order valence-electron chi connectivity index (χ4n) is 4.80. The van der Waals surface area contributed by atoms with Crippen LogP contribution in [0.25, 0.3) is 0 Å². The lowest BCUT2D eigenvalue weighted by molar-refractivity contribution is 0.0581. The number of amidine groups is 1. The summed E-state index contributed by atoms with van der Waals surface area (Å²) in [5, 5.41) is 0. The van der Waals surface area contributed by atoms with E-state index in [0.29, 0.717) is 19.6 Å². The Morgan fingerprint density at radius 2 is 1.75 bits per heavy atom. The van der Waals surface area contributed by atoms with Crippen molar-refractivity contribution >= 4 is 17.4 Å². The first kappa shape index (κ1) is 23.9. The maximum atomic E-state index is 13.4. The van der Waals surface area contributed by atoms with Crippen LogP contribution in [0.5, 0.6) is 17.2 Å². The van der Waals surface area contributed by atoms with Crippen LogP contribution in [0.3, 0.4) is 0 Å². The van der Waals surface area contributed by atoms with Crippen LogP contribution in [-0.4, -0.2) is 54.3 Å². The van der Waals surface area contributed by atoms with Crippen molar-refractivity contribution in [3.63, 3.8) is 0 Å². The molecule has 0 saturated carbocycles. The number of methoxy groups -OCH3 is 1. The van der Waals surface area contributed by atoms with E-state index >= 15 is 0 Å². The SMILES string of the molecule is COc1ccc2c(c1)C(N1CCN(C(=O)c3ccc(C(C)(C)C)cc3)[C@H](C)C1)=Nc1ccccc1O2. The number of fused-ring (bicyclic) bond motifs is 2. The monoisotopic (exact) mass is 483 g/mol. The molecular formula is C30H33N3O3. The molecule has 3 aromatic rings. The van der Waals surface area contributed by atoms with Gasteiger partial charge >= 0.3 is 0 Å². The molecule has 1 saturated heterocycles. The molecule has 0 radical (unpaired) electrons. The molecule has 6 nitrogen and oxygen atoms in total. The molecule has 3 aromatic carbocycles. The summed E-state index contributed by atoms with van der Waals surface area (Å²) in [7, 11) is 1.66. The first-order valence-corrected chi connectivity index (χ1v) is 12.4. The molecule has 5 rings (SSSR count). The van der Waals surface area contributed by atoms with Gasteiger partial charge in [0.2, 0.25) is 0 Å². The van der Waals surface area contributed by atoms with Crippen molar-refractivity contribution in [2.75, 3.05) is 26.7 Å². The molecule has 1 fully saturated rings. The molecule has 0 spiro atoms. The highest BCUT2D eigenvalue weighted by Crippen LogP contribution is 2.39. The van der Waals surface area contributed by atoms with Gasteiger partial charge in [-0.2, -0.15) is 0 Å². The first-order chi connectivity index (χ1) is 17.2. The van der Waals surface area contributed by atoms with Crippen molar-refractivity contribution in [2.24, 2.45) is 4.99 Å². The molecule has 1 atom stereocenters. The number of ether oxygens (including phenoxy) is 2. The third-order valence-corrected chi connectivity index (χ3v) is 6.92. The van der Waals surface area contributed by atoms with Crippen LogP contribution < -0.4 is 9.47 Å². The lowest BCUT2D eigenvalue weighted by atomic mass is 9.86. The Hall–Kier alpha value is -3.80. The second kappa shape index (κ2) is 9.34. The number of hydrogen-bond donors (Lipinski definition) is 0. The fraction of sp³-hybridized carbons (Fsp3) is 0.333. The van der Waals surface area contributed by atoms with E-state index in [-0.39, 0.29) is 17.4 Å². The molecule has 0 unspecified atom stereocenters. The molecule has 2 heterocycles. The summed E-state index contributed by atoms with van der Waals surface area (Å²) < 4.78 is 11.7. The van der Waals surface area contributed by atoms with Gasteiger partial charge in [-0.15, -0.1) is 0 Å². The predicted molar refractivity (Wildman–Crippen MR) is 143 cm³/mol. The number of carbonyl (C=O) groups is 1. The molecular weight excluding hydrogens is 450 g/mol. The highest BCUT2D eigenvalue weighted by Gasteiger charge is 2.32. The van der Waals surface area contributed by atoms with Gasteiger partial charge in [-0.05, 0) is 60.4 Å². The average Bonchev–Trinajstić information content (AvgIpc) is 3.04. The molecule has 36 heavy (non-hydrogen) atoms. The average molecular weight is 484 g/mol. The highest BCUT2D eigenvalue weighted by atomic mass is 16.5. The van der Waals surface area contributed by atoms with Gasteiger partial charge in [-0.3, -0.25) is 4.79 Å². The van der Waals surface area contributed by atoms with Gasteiger partial charge < -0.3 is 19.3 Å². The molecule has 6 heteroatoms. The summed E-state index contributed by atoms with van der Waals surface area (Å²) in [6, 6.07) is 21.7. The van der Waals surface area contributed by atoms with Gasteiger partial charge in [-0.1, -0.05) is 45.0 Å². The standard InChI is InChI=1S/C30H33N3O3/c1-20-19-32(16-17-33(20)29(34)21-10-12-22(13-11-21)30(2,3)4)28-24-18-23(35-5)14-15-26(24)36-27-9-7-6-8-25(27)31-28/h6-15,18,20H,16-17,19H2,1-5H3/t20-/m1/s1. The Morgan fingerprint density at radius 1 is 1.00 bits per heavy atom. The molecule has 0 bridgehead atoms. The van der Waals surface area contributed by atoms with Crippen LogP contribution in [0.4, 0.5) is 5.69 Å². The number of para-hydroxylation sites is 2. The minimum atomic E-state index is 0.0183. The normalized spacial score (nSPS) is 17.4. The van der Waals surface area contributed by atoms with Crippen molar-refractivity contribution in [2.45, 2.75) is 39.2 Å². The van der Waals surface area contributed by atoms with E-state index in [2.05, 4.69) is 44.7 Å². The predicted octanol–water partition coefficient (Wildman–Crippen LogP) is 6.02. The van der Waals surface area contributed by atoms with Crippen LogP contribution in [-0.2, 0) is 5.41 Å². The topological polar surface area (TPSA) is 54.4 Å². The molecule has 0 aliphatic carbocycles. The summed E-state index contributed by atoms with van der Waals surface area (Å²) in [6.07, 6.45) is 0. The van der Waals surface area contributed by atoms with Crippen molar-refractivity contribution in [3.8, 4) is 17.2 Å². The van der Waals surface area contributed by atoms with Gasteiger partial charge in [0.05, 0.1) is 12.7 Å². The van der Waals surface area contributed by atoms with Crippen LogP contribution >= 0.6 is 0 Å². The second-order valence-corrected chi connectivity index (χ2v) is 10.5. The van der Waals surface area contributed by atoms with E-state index in [0.717, 1.165) is 39.9 Å². The fourth-order valence-corrected chi connectivity index (χ4v) is 4.80. The van der Waals surface area contributed by atoms with E-state index in [9.17, 15) is 4.79 Å². The zero-order valence-corrected chi connectivity index (χ0v) is 21.6. The number of amides is 1.